The number of hydrogen-bond donors (Lipinski definition) is 0. The summed E-state index contributed by atoms with van der Waals surface area (Å²) in [5.41, 5.74) is 1.34. The molecule has 1 aromatic carbocycles. The molecular weight excluding hydrogens is 263 g/mol. The highest BCUT2D eigenvalue weighted by Gasteiger charge is 2.32. The second kappa shape index (κ2) is 6.04. The first-order chi connectivity index (χ1) is 9.53. The summed E-state index contributed by atoms with van der Waals surface area (Å²) in [6.07, 6.45) is -0.0499. The third-order valence-electron chi connectivity index (χ3n) is 3.72. The Morgan fingerprint density at radius 1 is 1.05 bits per heavy atom. The molecule has 1 aromatic rings. The Morgan fingerprint density at radius 2 is 1.57 bits per heavy atom. The molecule has 0 unspecified atom stereocenters. The average molecular weight is 286 g/mol. The Labute approximate surface area is 128 Å². The quantitative estimate of drug-likeness (QED) is 0.485. The maximum atomic E-state index is 12.0. The van der Waals surface area contributed by atoms with Crippen LogP contribution in [0.1, 0.15) is 56.1 Å². The molecule has 0 fully saturated rings. The molecule has 0 aliphatic carbocycles. The average Bonchev–Trinajstić information content (AvgIpc) is 2.43. The first-order valence-corrected chi connectivity index (χ1v) is 7.01. The molecular formula is C17H23BO3. The van der Waals surface area contributed by atoms with Gasteiger partial charge in [0.05, 0.1) is 20.4 Å². The molecule has 0 N–H and O–H groups in total. The fourth-order valence-corrected chi connectivity index (χ4v) is 2.07. The summed E-state index contributed by atoms with van der Waals surface area (Å²) in [4.78, 5) is 24.0. The van der Waals surface area contributed by atoms with E-state index in [4.69, 9.17) is 12.6 Å². The lowest BCUT2D eigenvalue weighted by molar-refractivity contribution is -0.146. The second-order valence-corrected chi connectivity index (χ2v) is 6.79. The highest BCUT2D eigenvalue weighted by Crippen LogP contribution is 2.31. The Kier molecular flexibility index (Phi) is 5.03. The Balaban J connectivity index is 3.52. The number of hydrogen-bond acceptors (Lipinski definition) is 3. The van der Waals surface area contributed by atoms with E-state index in [0.29, 0.717) is 5.56 Å². The monoisotopic (exact) mass is 286 g/mol. The summed E-state index contributed by atoms with van der Waals surface area (Å²) >= 11 is 0. The van der Waals surface area contributed by atoms with Gasteiger partial charge in [-0.05, 0) is 48.8 Å². The lowest BCUT2D eigenvalue weighted by Gasteiger charge is -2.27. The van der Waals surface area contributed by atoms with E-state index < -0.39 is 5.41 Å². The van der Waals surface area contributed by atoms with Gasteiger partial charge in [0.2, 0.25) is 0 Å². The molecule has 21 heavy (non-hydrogen) atoms. The topological polar surface area (TPSA) is 43.4 Å². The summed E-state index contributed by atoms with van der Waals surface area (Å²) in [5.74, 6) is -0.470. The van der Waals surface area contributed by atoms with Gasteiger partial charge in [-0.3, -0.25) is 9.59 Å². The molecule has 0 heterocycles. The van der Waals surface area contributed by atoms with Gasteiger partial charge in [-0.25, -0.2) is 0 Å². The normalized spacial score (nSPS) is 12.1. The molecule has 0 bridgehead atoms. The number of esters is 1. The van der Waals surface area contributed by atoms with Crippen LogP contribution in [-0.4, -0.2) is 26.7 Å². The molecule has 0 saturated heterocycles. The minimum atomic E-state index is -0.820. The summed E-state index contributed by atoms with van der Waals surface area (Å²) in [6.45, 7) is 9.77. The van der Waals surface area contributed by atoms with Gasteiger partial charge in [-0.1, -0.05) is 26.8 Å². The smallest absolute Gasteiger partial charge is 0.315 e. The zero-order valence-electron chi connectivity index (χ0n) is 13.7. The molecule has 0 atom stereocenters. The zero-order chi connectivity index (χ0) is 16.4. The number of Topliss-reactive ketones (excluding diaryl/α,β-unsaturated/α-hetero) is 1. The number of ketones is 1. The minimum Gasteiger partial charge on any atom is -0.468 e. The third kappa shape index (κ3) is 3.75. The van der Waals surface area contributed by atoms with Crippen molar-refractivity contribution in [2.75, 3.05) is 7.11 Å². The molecule has 3 nitrogen and oxygen atoms in total. The number of ether oxygens (including phenoxy) is 1. The van der Waals surface area contributed by atoms with Crippen molar-refractivity contribution < 1.29 is 14.3 Å². The van der Waals surface area contributed by atoms with Crippen molar-refractivity contribution in [2.45, 2.75) is 51.8 Å². The van der Waals surface area contributed by atoms with Gasteiger partial charge in [-0.2, -0.15) is 0 Å². The van der Waals surface area contributed by atoms with Gasteiger partial charge < -0.3 is 4.74 Å². The molecule has 2 radical (unpaired) electrons. The molecule has 0 saturated carbocycles. The van der Waals surface area contributed by atoms with Gasteiger partial charge in [0.1, 0.15) is 0 Å². The van der Waals surface area contributed by atoms with Gasteiger partial charge >= 0.3 is 5.97 Å². The minimum absolute atomic E-state index is 0.0499. The summed E-state index contributed by atoms with van der Waals surface area (Å²) in [5, 5.41) is 0. The van der Waals surface area contributed by atoms with Crippen LogP contribution in [0.3, 0.4) is 0 Å². The molecule has 4 heteroatoms. The number of carbonyl (C=O) groups excluding carboxylic acids is 2. The molecule has 1 rings (SSSR count). The second-order valence-electron chi connectivity index (χ2n) is 6.79. The van der Waals surface area contributed by atoms with E-state index in [-0.39, 0.29) is 23.5 Å². The lowest BCUT2D eigenvalue weighted by atomic mass is 9.77. The Hall–Kier alpha value is -1.58. The molecule has 0 aliphatic rings. The van der Waals surface area contributed by atoms with E-state index in [1.165, 1.54) is 7.11 Å². The maximum Gasteiger partial charge on any atom is 0.315 e. The van der Waals surface area contributed by atoms with Crippen LogP contribution in [0, 0.1) is 0 Å². The first-order valence-electron chi connectivity index (χ1n) is 7.01. The van der Waals surface area contributed by atoms with Crippen LogP contribution in [0.5, 0.6) is 0 Å². The van der Waals surface area contributed by atoms with Gasteiger partial charge in [0, 0.05) is 5.56 Å². The van der Waals surface area contributed by atoms with Crippen LogP contribution in [0.4, 0.5) is 0 Å². The van der Waals surface area contributed by atoms with E-state index in [1.54, 1.807) is 19.9 Å². The van der Waals surface area contributed by atoms with Gasteiger partial charge in [-0.15, -0.1) is 0 Å². The largest absolute Gasteiger partial charge is 0.468 e. The van der Waals surface area contributed by atoms with Crippen molar-refractivity contribution in [2.24, 2.45) is 0 Å². The number of benzene rings is 1. The van der Waals surface area contributed by atoms with Crippen LogP contribution >= 0.6 is 0 Å². The van der Waals surface area contributed by atoms with Crippen molar-refractivity contribution in [1.29, 1.82) is 0 Å². The summed E-state index contributed by atoms with van der Waals surface area (Å²) in [6, 6.07) is 5.55. The van der Waals surface area contributed by atoms with Crippen LogP contribution < -0.4 is 0 Å². The zero-order valence-corrected chi connectivity index (χ0v) is 13.7. The van der Waals surface area contributed by atoms with Gasteiger partial charge in [0.15, 0.2) is 5.78 Å². The predicted octanol–water partition coefficient (Wildman–Crippen LogP) is 3.20. The fourth-order valence-electron chi connectivity index (χ4n) is 2.07. The van der Waals surface area contributed by atoms with Crippen molar-refractivity contribution in [3.63, 3.8) is 0 Å². The lowest BCUT2D eigenvalue weighted by Crippen LogP contribution is -2.31. The summed E-state index contributed by atoms with van der Waals surface area (Å²) in [7, 11) is 6.83. The Morgan fingerprint density at radius 3 is 2.00 bits per heavy atom. The summed E-state index contributed by atoms with van der Waals surface area (Å²) < 4.78 is 4.87. The molecule has 0 aliphatic heterocycles. The third-order valence-corrected chi connectivity index (χ3v) is 3.72. The predicted molar refractivity (Wildman–Crippen MR) is 85.1 cm³/mol. The molecule has 0 amide bonds. The van der Waals surface area contributed by atoms with Crippen molar-refractivity contribution in [3.05, 3.63) is 34.9 Å². The highest BCUT2D eigenvalue weighted by atomic mass is 16.5. The van der Waals surface area contributed by atoms with Crippen molar-refractivity contribution in [1.82, 2.24) is 0 Å². The van der Waals surface area contributed by atoms with E-state index in [1.807, 2.05) is 12.1 Å². The SMILES string of the molecule is [B]CC(=O)c1cc(C(C)(C)C)cc(C(C)(C)C(=O)OC)c1. The molecule has 0 aromatic heterocycles. The van der Waals surface area contributed by atoms with Gasteiger partial charge in [0.25, 0.3) is 0 Å². The molecule has 112 valence electrons. The number of rotatable bonds is 4. The maximum absolute atomic E-state index is 12.0. The van der Waals surface area contributed by atoms with Crippen molar-refractivity contribution in [3.8, 4) is 0 Å². The van der Waals surface area contributed by atoms with Crippen LogP contribution in [-0.2, 0) is 20.4 Å². The Bertz CT molecular complexity index is 554. The van der Waals surface area contributed by atoms with E-state index in [2.05, 4.69) is 20.8 Å². The number of methoxy groups -OCH3 is 1. The van der Waals surface area contributed by atoms with E-state index in [9.17, 15) is 9.59 Å². The molecule has 0 spiro atoms. The number of carbonyl (C=O) groups is 2. The van der Waals surface area contributed by atoms with E-state index in [0.717, 1.165) is 11.1 Å². The van der Waals surface area contributed by atoms with Crippen LogP contribution in [0.25, 0.3) is 0 Å². The standard InChI is InChI=1S/C17H23BO3/c1-16(2,3)12-7-11(14(19)10-18)8-13(9-12)17(4,5)15(20)21-6/h7-9H,10H2,1-6H3. The van der Waals surface area contributed by atoms with Crippen LogP contribution in [0.15, 0.2) is 18.2 Å². The highest BCUT2D eigenvalue weighted by molar-refractivity contribution is 6.24. The van der Waals surface area contributed by atoms with Crippen molar-refractivity contribution >= 4 is 19.6 Å². The van der Waals surface area contributed by atoms with Crippen LogP contribution in [0.2, 0.25) is 6.32 Å². The first kappa shape index (κ1) is 17.5. The van der Waals surface area contributed by atoms with E-state index >= 15 is 0 Å². The fraction of sp³-hybridized carbons (Fsp3) is 0.529.